The third-order valence-electron chi connectivity index (χ3n) is 1.44. The van der Waals surface area contributed by atoms with Gasteiger partial charge >= 0.3 is 0 Å². The number of benzene rings is 1. The maximum absolute atomic E-state index is 10.7. The van der Waals surface area contributed by atoms with Gasteiger partial charge in [-0.25, -0.2) is 8.42 Å². The molecule has 0 bridgehead atoms. The highest BCUT2D eigenvalue weighted by Crippen LogP contribution is 2.08. The SMILES string of the molecule is CS(=O)(=O)NC(O)c1ccccc1. The number of nitrogens with one attached hydrogen (secondary N) is 1. The first-order valence-corrected chi connectivity index (χ1v) is 5.58. The van der Waals surface area contributed by atoms with Crippen molar-refractivity contribution in [3.63, 3.8) is 0 Å². The molecule has 0 aliphatic rings. The summed E-state index contributed by atoms with van der Waals surface area (Å²) in [7, 11) is -3.37. The first kappa shape index (κ1) is 10.2. The molecule has 1 atom stereocenters. The van der Waals surface area contributed by atoms with Gasteiger partial charge in [0.1, 0.15) is 6.23 Å². The van der Waals surface area contributed by atoms with E-state index in [0.29, 0.717) is 5.56 Å². The minimum Gasteiger partial charge on any atom is -0.373 e. The molecule has 4 nitrogen and oxygen atoms in total. The van der Waals surface area contributed by atoms with Crippen LogP contribution in [0.25, 0.3) is 0 Å². The lowest BCUT2D eigenvalue weighted by molar-refractivity contribution is 0.166. The fourth-order valence-electron chi connectivity index (χ4n) is 0.906. The lowest BCUT2D eigenvalue weighted by Gasteiger charge is -2.10. The van der Waals surface area contributed by atoms with Gasteiger partial charge in [-0.15, -0.1) is 0 Å². The second-order valence-electron chi connectivity index (χ2n) is 2.70. The van der Waals surface area contributed by atoms with Gasteiger partial charge in [0, 0.05) is 0 Å². The fraction of sp³-hybridized carbons (Fsp3) is 0.250. The molecular formula is C8H11NO3S. The molecule has 72 valence electrons. The molecule has 0 heterocycles. The highest BCUT2D eigenvalue weighted by Gasteiger charge is 2.11. The van der Waals surface area contributed by atoms with Crippen molar-refractivity contribution in [2.75, 3.05) is 6.26 Å². The minimum absolute atomic E-state index is 0.521. The number of aliphatic hydroxyl groups excluding tert-OH is 1. The Bertz CT molecular complexity index is 360. The molecule has 0 spiro atoms. The summed E-state index contributed by atoms with van der Waals surface area (Å²) in [6, 6.07) is 8.52. The van der Waals surface area contributed by atoms with Crippen LogP contribution in [-0.2, 0) is 10.0 Å². The maximum Gasteiger partial charge on any atom is 0.211 e. The quantitative estimate of drug-likeness (QED) is 0.688. The summed E-state index contributed by atoms with van der Waals surface area (Å²) in [5.74, 6) is 0. The molecular weight excluding hydrogens is 190 g/mol. The predicted octanol–water partition coefficient (Wildman–Crippen LogP) is 0.227. The molecule has 2 N–H and O–H groups in total. The zero-order valence-corrected chi connectivity index (χ0v) is 7.95. The van der Waals surface area contributed by atoms with Crippen molar-refractivity contribution in [1.82, 2.24) is 4.72 Å². The van der Waals surface area contributed by atoms with Crippen molar-refractivity contribution >= 4 is 10.0 Å². The lowest BCUT2D eigenvalue weighted by Crippen LogP contribution is -2.26. The van der Waals surface area contributed by atoms with E-state index in [-0.39, 0.29) is 0 Å². The second kappa shape index (κ2) is 3.87. The van der Waals surface area contributed by atoms with E-state index >= 15 is 0 Å². The van der Waals surface area contributed by atoms with Crippen molar-refractivity contribution in [1.29, 1.82) is 0 Å². The number of rotatable bonds is 3. The molecule has 0 fully saturated rings. The molecule has 5 heteroatoms. The van der Waals surface area contributed by atoms with Gasteiger partial charge in [0.05, 0.1) is 6.26 Å². The predicted molar refractivity (Wildman–Crippen MR) is 49.4 cm³/mol. The fourth-order valence-corrected chi connectivity index (χ4v) is 1.45. The highest BCUT2D eigenvalue weighted by molar-refractivity contribution is 7.88. The molecule has 1 aromatic carbocycles. The highest BCUT2D eigenvalue weighted by atomic mass is 32.2. The summed E-state index contributed by atoms with van der Waals surface area (Å²) in [4.78, 5) is 0. The molecule has 13 heavy (non-hydrogen) atoms. The van der Waals surface area contributed by atoms with Gasteiger partial charge in [-0.05, 0) is 5.56 Å². The molecule has 0 amide bonds. The van der Waals surface area contributed by atoms with Crippen LogP contribution < -0.4 is 4.72 Å². The van der Waals surface area contributed by atoms with E-state index in [1.165, 1.54) is 0 Å². The van der Waals surface area contributed by atoms with Gasteiger partial charge in [-0.1, -0.05) is 30.3 Å². The summed E-state index contributed by atoms with van der Waals surface area (Å²) >= 11 is 0. The Kier molecular flexibility index (Phi) is 3.02. The zero-order chi connectivity index (χ0) is 9.90. The summed E-state index contributed by atoms with van der Waals surface area (Å²) in [6.45, 7) is 0. The summed E-state index contributed by atoms with van der Waals surface area (Å²) in [5, 5.41) is 9.37. The minimum atomic E-state index is -3.37. The van der Waals surface area contributed by atoms with E-state index in [2.05, 4.69) is 4.72 Å². The van der Waals surface area contributed by atoms with Gasteiger partial charge in [0.15, 0.2) is 0 Å². The van der Waals surface area contributed by atoms with Gasteiger partial charge in [-0.2, -0.15) is 4.72 Å². The van der Waals surface area contributed by atoms with Crippen LogP contribution in [0.2, 0.25) is 0 Å². The molecule has 0 aromatic heterocycles. The van der Waals surface area contributed by atoms with E-state index in [1.807, 2.05) is 0 Å². The van der Waals surface area contributed by atoms with Gasteiger partial charge in [0.2, 0.25) is 10.0 Å². The van der Waals surface area contributed by atoms with E-state index in [0.717, 1.165) is 6.26 Å². The Morgan fingerprint density at radius 1 is 1.31 bits per heavy atom. The lowest BCUT2D eigenvalue weighted by atomic mass is 10.2. The Morgan fingerprint density at radius 2 is 1.85 bits per heavy atom. The largest absolute Gasteiger partial charge is 0.373 e. The molecule has 1 rings (SSSR count). The third-order valence-corrected chi connectivity index (χ3v) is 2.09. The van der Waals surface area contributed by atoms with Crippen molar-refractivity contribution < 1.29 is 13.5 Å². The molecule has 1 unspecified atom stereocenters. The molecule has 0 aliphatic heterocycles. The average Bonchev–Trinajstić information content (AvgIpc) is 2.03. The van der Waals surface area contributed by atoms with Crippen molar-refractivity contribution in [3.8, 4) is 0 Å². The van der Waals surface area contributed by atoms with Crippen LogP contribution in [0.4, 0.5) is 0 Å². The van der Waals surface area contributed by atoms with Crippen LogP contribution in [0.1, 0.15) is 11.8 Å². The van der Waals surface area contributed by atoms with Gasteiger partial charge < -0.3 is 5.11 Å². The molecule has 0 radical (unpaired) electrons. The average molecular weight is 201 g/mol. The number of hydrogen-bond donors (Lipinski definition) is 2. The number of aliphatic hydroxyl groups is 1. The number of hydrogen-bond acceptors (Lipinski definition) is 3. The van der Waals surface area contributed by atoms with E-state index in [4.69, 9.17) is 0 Å². The standard InChI is InChI=1S/C8H11NO3S/c1-13(11,12)9-8(10)7-5-3-2-4-6-7/h2-6,8-10H,1H3. The van der Waals surface area contributed by atoms with Gasteiger partial charge in [0.25, 0.3) is 0 Å². The zero-order valence-electron chi connectivity index (χ0n) is 7.14. The monoisotopic (exact) mass is 201 g/mol. The van der Waals surface area contributed by atoms with Crippen LogP contribution in [0.5, 0.6) is 0 Å². The number of sulfonamides is 1. The van der Waals surface area contributed by atoms with Crippen molar-refractivity contribution in [2.24, 2.45) is 0 Å². The second-order valence-corrected chi connectivity index (χ2v) is 4.48. The summed E-state index contributed by atoms with van der Waals surface area (Å²) in [5.41, 5.74) is 0.521. The van der Waals surface area contributed by atoms with Crippen molar-refractivity contribution in [3.05, 3.63) is 35.9 Å². The molecule has 0 saturated heterocycles. The van der Waals surface area contributed by atoms with Crippen LogP contribution in [0.3, 0.4) is 0 Å². The Morgan fingerprint density at radius 3 is 2.31 bits per heavy atom. The smallest absolute Gasteiger partial charge is 0.211 e. The van der Waals surface area contributed by atoms with Crippen LogP contribution in [0, 0.1) is 0 Å². The Labute approximate surface area is 77.3 Å². The first-order chi connectivity index (χ1) is 5.99. The molecule has 1 aromatic rings. The molecule has 0 aliphatic carbocycles. The Hall–Kier alpha value is -0.910. The maximum atomic E-state index is 10.7. The van der Waals surface area contributed by atoms with E-state index in [1.54, 1.807) is 30.3 Å². The third kappa shape index (κ3) is 3.54. The van der Waals surface area contributed by atoms with Crippen LogP contribution in [-0.4, -0.2) is 19.8 Å². The van der Waals surface area contributed by atoms with Crippen LogP contribution in [0.15, 0.2) is 30.3 Å². The summed E-state index contributed by atoms with van der Waals surface area (Å²) < 4.78 is 23.6. The van der Waals surface area contributed by atoms with Gasteiger partial charge in [-0.3, -0.25) is 0 Å². The Balaban J connectivity index is 2.76. The van der Waals surface area contributed by atoms with Crippen molar-refractivity contribution in [2.45, 2.75) is 6.23 Å². The first-order valence-electron chi connectivity index (χ1n) is 3.69. The van der Waals surface area contributed by atoms with Crippen LogP contribution >= 0.6 is 0 Å². The van der Waals surface area contributed by atoms with E-state index in [9.17, 15) is 13.5 Å². The normalized spacial score (nSPS) is 14.0. The van der Waals surface area contributed by atoms with E-state index < -0.39 is 16.3 Å². The summed E-state index contributed by atoms with van der Waals surface area (Å²) in [6.07, 6.45) is -0.171. The molecule has 0 saturated carbocycles. The topological polar surface area (TPSA) is 66.4 Å².